The molecule has 0 spiro atoms. The predicted octanol–water partition coefficient (Wildman–Crippen LogP) is 0.751. The molecule has 4 nitrogen and oxygen atoms in total. The molecule has 1 aliphatic rings. The van der Waals surface area contributed by atoms with Crippen LogP contribution in [-0.2, 0) is 10.0 Å². The summed E-state index contributed by atoms with van der Waals surface area (Å²) in [5.41, 5.74) is 0.831. The molecule has 5 heteroatoms. The number of para-hydroxylation sites is 1. The summed E-state index contributed by atoms with van der Waals surface area (Å²) in [6.45, 7) is 0.937. The lowest BCUT2D eigenvalue weighted by Crippen LogP contribution is -2.47. The molecule has 0 amide bonds. The quantitative estimate of drug-likeness (QED) is 0.811. The average Bonchev–Trinajstić information content (AvgIpc) is 2.03. The maximum absolute atomic E-state index is 11.1. The van der Waals surface area contributed by atoms with Gasteiger partial charge in [0.2, 0.25) is 10.0 Å². The first kappa shape index (κ1) is 10.4. The van der Waals surface area contributed by atoms with Crippen LogP contribution in [0.5, 0.6) is 5.75 Å². The van der Waals surface area contributed by atoms with Crippen LogP contribution >= 0.6 is 0 Å². The highest BCUT2D eigenvalue weighted by Crippen LogP contribution is 2.33. The Hall–Kier alpha value is -1.07. The SMILES string of the molecule is CS(=O)(=O)N1CC(c2ccccc2O)C1. The highest BCUT2D eigenvalue weighted by molar-refractivity contribution is 7.88. The Kier molecular flexibility index (Phi) is 2.44. The molecule has 1 aromatic carbocycles. The van der Waals surface area contributed by atoms with Crippen molar-refractivity contribution in [1.82, 2.24) is 4.31 Å². The Balaban J connectivity index is 2.10. The fourth-order valence-electron chi connectivity index (χ4n) is 1.74. The molecule has 1 aromatic rings. The van der Waals surface area contributed by atoms with Crippen LogP contribution in [0.25, 0.3) is 0 Å². The summed E-state index contributed by atoms with van der Waals surface area (Å²) in [4.78, 5) is 0. The normalized spacial score (nSPS) is 18.7. The second-order valence-electron chi connectivity index (χ2n) is 3.84. The molecule has 15 heavy (non-hydrogen) atoms. The lowest BCUT2D eigenvalue weighted by Gasteiger charge is -2.37. The van der Waals surface area contributed by atoms with Crippen LogP contribution in [0.3, 0.4) is 0 Å². The minimum atomic E-state index is -3.07. The highest BCUT2D eigenvalue weighted by atomic mass is 32.2. The lowest BCUT2D eigenvalue weighted by atomic mass is 9.93. The van der Waals surface area contributed by atoms with Crippen LogP contribution in [-0.4, -0.2) is 37.2 Å². The van der Waals surface area contributed by atoms with E-state index in [9.17, 15) is 13.5 Å². The second kappa shape index (κ2) is 3.50. The minimum Gasteiger partial charge on any atom is -0.508 e. The predicted molar refractivity (Wildman–Crippen MR) is 57.3 cm³/mol. The van der Waals surface area contributed by atoms with E-state index in [-0.39, 0.29) is 11.7 Å². The van der Waals surface area contributed by atoms with Gasteiger partial charge in [-0.1, -0.05) is 18.2 Å². The Labute approximate surface area is 89.2 Å². The number of benzene rings is 1. The first-order valence-electron chi connectivity index (χ1n) is 4.71. The van der Waals surface area contributed by atoms with E-state index in [2.05, 4.69) is 0 Å². The number of nitrogens with zero attached hydrogens (tertiary/aromatic N) is 1. The summed E-state index contributed by atoms with van der Waals surface area (Å²) in [5, 5.41) is 9.57. The van der Waals surface area contributed by atoms with Crippen LogP contribution in [0.1, 0.15) is 11.5 Å². The first-order valence-corrected chi connectivity index (χ1v) is 6.56. The molecule has 1 aliphatic heterocycles. The van der Waals surface area contributed by atoms with E-state index in [1.807, 2.05) is 12.1 Å². The average molecular weight is 227 g/mol. The van der Waals surface area contributed by atoms with E-state index in [0.29, 0.717) is 13.1 Å². The van der Waals surface area contributed by atoms with Crippen LogP contribution in [0.4, 0.5) is 0 Å². The minimum absolute atomic E-state index is 0.126. The molecule has 0 atom stereocenters. The third-order valence-corrected chi connectivity index (χ3v) is 3.93. The smallest absolute Gasteiger partial charge is 0.211 e. The molecule has 0 bridgehead atoms. The maximum Gasteiger partial charge on any atom is 0.211 e. The van der Waals surface area contributed by atoms with Crippen molar-refractivity contribution in [3.05, 3.63) is 29.8 Å². The van der Waals surface area contributed by atoms with Crippen molar-refractivity contribution in [2.45, 2.75) is 5.92 Å². The summed E-state index contributed by atoms with van der Waals surface area (Å²) in [6.07, 6.45) is 1.20. The van der Waals surface area contributed by atoms with Gasteiger partial charge in [0.1, 0.15) is 5.75 Å². The van der Waals surface area contributed by atoms with Gasteiger partial charge >= 0.3 is 0 Å². The van der Waals surface area contributed by atoms with Crippen LogP contribution in [0.2, 0.25) is 0 Å². The van der Waals surface area contributed by atoms with Crippen LogP contribution in [0.15, 0.2) is 24.3 Å². The van der Waals surface area contributed by atoms with Crippen molar-refractivity contribution < 1.29 is 13.5 Å². The summed E-state index contributed by atoms with van der Waals surface area (Å²) in [5.74, 6) is 0.372. The number of hydrogen-bond acceptors (Lipinski definition) is 3. The molecule has 1 saturated heterocycles. The Bertz CT molecular complexity index is 463. The summed E-state index contributed by atoms with van der Waals surface area (Å²) < 4.78 is 23.7. The molecule has 0 aliphatic carbocycles. The van der Waals surface area contributed by atoms with Gasteiger partial charge in [0, 0.05) is 19.0 Å². The fourth-order valence-corrected chi connectivity index (χ4v) is 2.64. The van der Waals surface area contributed by atoms with Gasteiger partial charge in [0.25, 0.3) is 0 Å². The molecular formula is C10H13NO3S. The molecule has 0 unspecified atom stereocenters. The van der Waals surface area contributed by atoms with E-state index in [4.69, 9.17) is 0 Å². The van der Waals surface area contributed by atoms with Crippen molar-refractivity contribution >= 4 is 10.0 Å². The molecule has 0 radical (unpaired) electrons. The third kappa shape index (κ3) is 1.98. The number of aromatic hydroxyl groups is 1. The van der Waals surface area contributed by atoms with E-state index >= 15 is 0 Å². The standard InChI is InChI=1S/C10H13NO3S/c1-15(13,14)11-6-8(7-11)9-4-2-3-5-10(9)12/h2-5,8,12H,6-7H2,1H3. The monoisotopic (exact) mass is 227 g/mol. The van der Waals surface area contributed by atoms with Crippen molar-refractivity contribution in [2.24, 2.45) is 0 Å². The van der Waals surface area contributed by atoms with Crippen molar-refractivity contribution in [1.29, 1.82) is 0 Å². The Morgan fingerprint density at radius 3 is 2.47 bits per heavy atom. The largest absolute Gasteiger partial charge is 0.508 e. The highest BCUT2D eigenvalue weighted by Gasteiger charge is 2.35. The number of sulfonamides is 1. The van der Waals surface area contributed by atoms with Crippen LogP contribution in [0, 0.1) is 0 Å². The van der Waals surface area contributed by atoms with E-state index < -0.39 is 10.0 Å². The Morgan fingerprint density at radius 2 is 1.93 bits per heavy atom. The molecule has 0 aromatic heterocycles. The molecule has 1 heterocycles. The van der Waals surface area contributed by atoms with Gasteiger partial charge in [-0.2, -0.15) is 0 Å². The van der Waals surface area contributed by atoms with Crippen LogP contribution < -0.4 is 0 Å². The Morgan fingerprint density at radius 1 is 1.33 bits per heavy atom. The van der Waals surface area contributed by atoms with Gasteiger partial charge in [-0.15, -0.1) is 0 Å². The van der Waals surface area contributed by atoms with Crippen molar-refractivity contribution in [3.8, 4) is 5.75 Å². The zero-order valence-corrected chi connectivity index (χ0v) is 9.24. The molecular weight excluding hydrogens is 214 g/mol. The number of rotatable bonds is 2. The third-order valence-electron chi connectivity index (χ3n) is 2.69. The zero-order valence-electron chi connectivity index (χ0n) is 8.42. The van der Waals surface area contributed by atoms with Gasteiger partial charge in [0.15, 0.2) is 0 Å². The zero-order chi connectivity index (χ0) is 11.1. The van der Waals surface area contributed by atoms with E-state index in [0.717, 1.165) is 5.56 Å². The van der Waals surface area contributed by atoms with Gasteiger partial charge in [0.05, 0.1) is 6.26 Å². The molecule has 1 N–H and O–H groups in total. The molecule has 82 valence electrons. The summed E-state index contributed by atoms with van der Waals surface area (Å²) in [6, 6.07) is 7.06. The number of phenols is 1. The summed E-state index contributed by atoms with van der Waals surface area (Å²) >= 11 is 0. The number of phenolic OH excluding ortho intramolecular Hbond substituents is 1. The van der Waals surface area contributed by atoms with Crippen molar-refractivity contribution in [2.75, 3.05) is 19.3 Å². The van der Waals surface area contributed by atoms with Gasteiger partial charge in [-0.05, 0) is 11.6 Å². The maximum atomic E-state index is 11.1. The molecule has 2 rings (SSSR count). The fraction of sp³-hybridized carbons (Fsp3) is 0.400. The number of hydrogen-bond donors (Lipinski definition) is 1. The topological polar surface area (TPSA) is 57.6 Å². The second-order valence-corrected chi connectivity index (χ2v) is 5.82. The van der Waals surface area contributed by atoms with Gasteiger partial charge < -0.3 is 5.11 Å². The molecule has 0 saturated carbocycles. The van der Waals surface area contributed by atoms with Gasteiger partial charge in [-0.25, -0.2) is 12.7 Å². The lowest BCUT2D eigenvalue weighted by molar-refractivity contribution is 0.261. The van der Waals surface area contributed by atoms with Crippen molar-refractivity contribution in [3.63, 3.8) is 0 Å². The van der Waals surface area contributed by atoms with E-state index in [1.165, 1.54) is 10.6 Å². The first-order chi connectivity index (χ1) is 6.98. The van der Waals surface area contributed by atoms with E-state index in [1.54, 1.807) is 12.1 Å². The van der Waals surface area contributed by atoms with Gasteiger partial charge in [-0.3, -0.25) is 0 Å². The summed E-state index contributed by atoms with van der Waals surface area (Å²) in [7, 11) is -3.07. The molecule has 1 fully saturated rings.